The number of nitro benzene ring substituents is 1. The van der Waals surface area contributed by atoms with Gasteiger partial charge in [-0.25, -0.2) is 0 Å². The molecule has 0 spiro atoms. The summed E-state index contributed by atoms with van der Waals surface area (Å²) in [5.74, 6) is -1.55. The Morgan fingerprint density at radius 3 is 2.17 bits per heavy atom. The number of rotatable bonds is 5. The van der Waals surface area contributed by atoms with E-state index in [9.17, 15) is 31.7 Å². The van der Waals surface area contributed by atoms with E-state index in [1.54, 1.807) is 0 Å². The maximum Gasteiger partial charge on any atom is 0.420 e. The Hall–Kier alpha value is -2.62. The molecule has 2 aromatic rings. The summed E-state index contributed by atoms with van der Waals surface area (Å²) in [6.07, 6.45) is -4.76. The standard InChI is InChI=1S/C14H10F3NO5S/c15-14(16,17)12-3-1-2-4-13(12)23-24(21,22)9-10-5-7-11(8-6-10)18(19)20/h1-8H,9H2. The third-order valence-corrected chi connectivity index (χ3v) is 4.02. The van der Waals surface area contributed by atoms with Gasteiger partial charge in [0.1, 0.15) is 5.75 Å². The Bertz CT molecular complexity index is 847. The smallest absolute Gasteiger partial charge is 0.382 e. The molecule has 0 bridgehead atoms. The molecule has 10 heteroatoms. The van der Waals surface area contributed by atoms with Gasteiger partial charge in [0.25, 0.3) is 5.69 Å². The number of hydrogen-bond donors (Lipinski definition) is 0. The summed E-state index contributed by atoms with van der Waals surface area (Å²) in [4.78, 5) is 9.87. The number of non-ortho nitro benzene ring substituents is 1. The summed E-state index contributed by atoms with van der Waals surface area (Å²) < 4.78 is 66.9. The van der Waals surface area contributed by atoms with Gasteiger partial charge >= 0.3 is 16.3 Å². The van der Waals surface area contributed by atoms with Crippen LogP contribution in [-0.2, 0) is 22.0 Å². The van der Waals surface area contributed by atoms with Crippen LogP contribution in [0.4, 0.5) is 18.9 Å². The van der Waals surface area contributed by atoms with E-state index in [0.717, 1.165) is 24.3 Å². The maximum atomic E-state index is 12.8. The SMILES string of the molecule is O=[N+]([O-])c1ccc(CS(=O)(=O)Oc2ccccc2C(F)(F)F)cc1. The van der Waals surface area contributed by atoms with E-state index in [2.05, 4.69) is 4.18 Å². The van der Waals surface area contributed by atoms with Crippen molar-refractivity contribution in [3.05, 3.63) is 69.8 Å². The average molecular weight is 361 g/mol. The quantitative estimate of drug-likeness (QED) is 0.462. The molecule has 0 heterocycles. The van der Waals surface area contributed by atoms with Crippen molar-refractivity contribution >= 4 is 15.8 Å². The molecule has 0 radical (unpaired) electrons. The summed E-state index contributed by atoms with van der Waals surface area (Å²) in [5.41, 5.74) is -1.30. The van der Waals surface area contributed by atoms with Crippen molar-refractivity contribution in [2.75, 3.05) is 0 Å². The molecule has 0 aliphatic rings. The molecule has 0 aromatic heterocycles. The van der Waals surface area contributed by atoms with Gasteiger partial charge in [0, 0.05) is 12.1 Å². The lowest BCUT2D eigenvalue weighted by Crippen LogP contribution is -2.15. The molecule has 0 N–H and O–H groups in total. The highest BCUT2D eigenvalue weighted by molar-refractivity contribution is 7.86. The second-order valence-electron chi connectivity index (χ2n) is 4.70. The maximum absolute atomic E-state index is 12.8. The van der Waals surface area contributed by atoms with Crippen LogP contribution in [0.3, 0.4) is 0 Å². The molecule has 0 unspecified atom stereocenters. The minimum absolute atomic E-state index is 0.144. The summed E-state index contributed by atoms with van der Waals surface area (Å²) in [6.45, 7) is 0. The lowest BCUT2D eigenvalue weighted by atomic mass is 10.2. The van der Waals surface area contributed by atoms with Crippen LogP contribution in [-0.4, -0.2) is 13.3 Å². The third-order valence-electron chi connectivity index (χ3n) is 2.90. The lowest BCUT2D eigenvalue weighted by Gasteiger charge is -2.13. The van der Waals surface area contributed by atoms with Crippen LogP contribution in [0.2, 0.25) is 0 Å². The average Bonchev–Trinajstić information content (AvgIpc) is 2.46. The van der Waals surface area contributed by atoms with E-state index in [4.69, 9.17) is 0 Å². The number of para-hydroxylation sites is 1. The second-order valence-corrected chi connectivity index (χ2v) is 6.27. The van der Waals surface area contributed by atoms with Gasteiger partial charge in [-0.05, 0) is 17.7 Å². The van der Waals surface area contributed by atoms with E-state index in [-0.39, 0.29) is 11.3 Å². The zero-order valence-electron chi connectivity index (χ0n) is 11.9. The first-order valence-corrected chi connectivity index (χ1v) is 7.98. The Kier molecular flexibility index (Phi) is 4.78. The first kappa shape index (κ1) is 17.7. The molecule has 6 nitrogen and oxygen atoms in total. The number of hydrogen-bond acceptors (Lipinski definition) is 5. The predicted octanol–water partition coefficient (Wildman–Crippen LogP) is 3.52. The zero-order valence-corrected chi connectivity index (χ0v) is 12.7. The Balaban J connectivity index is 2.22. The highest BCUT2D eigenvalue weighted by atomic mass is 32.2. The van der Waals surface area contributed by atoms with Crippen LogP contribution in [0.5, 0.6) is 5.75 Å². The minimum Gasteiger partial charge on any atom is -0.382 e. The van der Waals surface area contributed by atoms with Crippen molar-refractivity contribution in [3.63, 3.8) is 0 Å². The molecule has 0 fully saturated rings. The molecule has 0 atom stereocenters. The molecule has 0 amide bonds. The monoisotopic (exact) mass is 361 g/mol. The van der Waals surface area contributed by atoms with Crippen LogP contribution >= 0.6 is 0 Å². The molecule has 0 saturated carbocycles. The molecule has 2 aromatic carbocycles. The van der Waals surface area contributed by atoms with Crippen molar-refractivity contribution in [2.24, 2.45) is 0 Å². The molecule has 2 rings (SSSR count). The Morgan fingerprint density at radius 1 is 1.04 bits per heavy atom. The van der Waals surface area contributed by atoms with Crippen LogP contribution in [0, 0.1) is 10.1 Å². The molecule has 0 aliphatic heterocycles. The van der Waals surface area contributed by atoms with E-state index >= 15 is 0 Å². The lowest BCUT2D eigenvalue weighted by molar-refractivity contribution is -0.384. The first-order valence-electron chi connectivity index (χ1n) is 6.40. The van der Waals surface area contributed by atoms with E-state index < -0.39 is 38.3 Å². The Morgan fingerprint density at radius 2 is 1.62 bits per heavy atom. The van der Waals surface area contributed by atoms with Gasteiger partial charge in [-0.3, -0.25) is 10.1 Å². The fourth-order valence-corrected chi connectivity index (χ4v) is 2.94. The number of nitrogens with zero attached hydrogens (tertiary/aromatic N) is 1. The number of benzene rings is 2. The fraction of sp³-hybridized carbons (Fsp3) is 0.143. The molecule has 128 valence electrons. The molecule has 24 heavy (non-hydrogen) atoms. The van der Waals surface area contributed by atoms with Crippen molar-refractivity contribution in [2.45, 2.75) is 11.9 Å². The van der Waals surface area contributed by atoms with E-state index in [0.29, 0.717) is 6.07 Å². The van der Waals surface area contributed by atoms with Crippen molar-refractivity contribution in [1.29, 1.82) is 0 Å². The van der Waals surface area contributed by atoms with Gasteiger partial charge in [-0.15, -0.1) is 0 Å². The molecular formula is C14H10F3NO5S. The van der Waals surface area contributed by atoms with Gasteiger partial charge < -0.3 is 4.18 Å². The third kappa shape index (κ3) is 4.44. The van der Waals surface area contributed by atoms with Crippen LogP contribution in [0.25, 0.3) is 0 Å². The fourth-order valence-electron chi connectivity index (χ4n) is 1.86. The summed E-state index contributed by atoms with van der Waals surface area (Å²) in [6, 6.07) is 8.49. The Labute approximate surface area is 134 Å². The normalized spacial score (nSPS) is 12.0. The van der Waals surface area contributed by atoms with Crippen molar-refractivity contribution in [3.8, 4) is 5.75 Å². The van der Waals surface area contributed by atoms with Gasteiger partial charge in [-0.1, -0.05) is 24.3 Å². The van der Waals surface area contributed by atoms with Crippen LogP contribution < -0.4 is 4.18 Å². The largest absolute Gasteiger partial charge is 0.420 e. The van der Waals surface area contributed by atoms with E-state index in [1.165, 1.54) is 18.2 Å². The molecular weight excluding hydrogens is 351 g/mol. The number of nitro groups is 1. The highest BCUT2D eigenvalue weighted by Gasteiger charge is 2.35. The van der Waals surface area contributed by atoms with E-state index in [1.807, 2.05) is 0 Å². The van der Waals surface area contributed by atoms with Gasteiger partial charge in [0.2, 0.25) is 0 Å². The van der Waals surface area contributed by atoms with Crippen LogP contribution in [0.1, 0.15) is 11.1 Å². The van der Waals surface area contributed by atoms with Crippen LogP contribution in [0.15, 0.2) is 48.5 Å². The predicted molar refractivity (Wildman–Crippen MR) is 77.8 cm³/mol. The number of alkyl halides is 3. The first-order chi connectivity index (χ1) is 11.1. The van der Waals surface area contributed by atoms with Gasteiger partial charge in [-0.2, -0.15) is 21.6 Å². The molecule has 0 saturated heterocycles. The second kappa shape index (κ2) is 6.48. The highest BCUT2D eigenvalue weighted by Crippen LogP contribution is 2.36. The molecule has 0 aliphatic carbocycles. The topological polar surface area (TPSA) is 86.5 Å². The number of halogens is 3. The minimum atomic E-state index is -4.76. The van der Waals surface area contributed by atoms with Crippen molar-refractivity contribution < 1.29 is 30.7 Å². The van der Waals surface area contributed by atoms with Crippen molar-refractivity contribution in [1.82, 2.24) is 0 Å². The van der Waals surface area contributed by atoms with Gasteiger partial charge in [0.05, 0.1) is 10.5 Å². The summed E-state index contributed by atoms with van der Waals surface area (Å²) >= 11 is 0. The summed E-state index contributed by atoms with van der Waals surface area (Å²) in [7, 11) is -4.37. The summed E-state index contributed by atoms with van der Waals surface area (Å²) in [5, 5.41) is 10.5. The zero-order chi connectivity index (χ0) is 18.0. The van der Waals surface area contributed by atoms with Gasteiger partial charge in [0.15, 0.2) is 5.75 Å².